The Balaban J connectivity index is 1.48. The highest BCUT2D eigenvalue weighted by atomic mass is 19.1. The van der Waals surface area contributed by atoms with Crippen molar-refractivity contribution in [1.82, 2.24) is 19.9 Å². The molecule has 1 aromatic carbocycles. The third-order valence-corrected chi connectivity index (χ3v) is 5.04. The maximum absolute atomic E-state index is 13.1. The molecule has 4 N–H and O–H groups in total. The second-order valence-electron chi connectivity index (χ2n) is 7.31. The predicted molar refractivity (Wildman–Crippen MR) is 113 cm³/mol. The zero-order valence-electron chi connectivity index (χ0n) is 17.0. The minimum atomic E-state index is -1.00. The first-order valence-corrected chi connectivity index (χ1v) is 9.94. The van der Waals surface area contributed by atoms with Gasteiger partial charge in [0.05, 0.1) is 29.6 Å². The number of fused-ring (bicyclic) bond motifs is 2. The molecule has 2 aliphatic rings. The van der Waals surface area contributed by atoms with Gasteiger partial charge in [0.15, 0.2) is 17.1 Å². The van der Waals surface area contributed by atoms with Crippen molar-refractivity contribution in [2.45, 2.75) is 18.6 Å². The van der Waals surface area contributed by atoms with Crippen LogP contribution in [0.2, 0.25) is 0 Å². The fraction of sp³-hybridized carbons (Fsp3) is 0.300. The highest BCUT2D eigenvalue weighted by Gasteiger charge is 2.38. The molecule has 32 heavy (non-hydrogen) atoms. The Labute approximate surface area is 181 Å². The van der Waals surface area contributed by atoms with E-state index in [9.17, 15) is 14.4 Å². The van der Waals surface area contributed by atoms with Crippen LogP contribution in [0.25, 0.3) is 5.65 Å². The van der Waals surface area contributed by atoms with Gasteiger partial charge in [-0.2, -0.15) is 14.9 Å². The van der Waals surface area contributed by atoms with Crippen LogP contribution in [-0.4, -0.2) is 53.1 Å². The van der Waals surface area contributed by atoms with Crippen LogP contribution in [0.15, 0.2) is 24.4 Å². The molecule has 1 aliphatic heterocycles. The predicted octanol–water partition coefficient (Wildman–Crippen LogP) is 2.39. The van der Waals surface area contributed by atoms with Gasteiger partial charge in [0, 0.05) is 25.6 Å². The molecule has 3 heterocycles. The van der Waals surface area contributed by atoms with Crippen molar-refractivity contribution in [3.05, 3.63) is 30.0 Å². The zero-order valence-corrected chi connectivity index (χ0v) is 17.0. The van der Waals surface area contributed by atoms with E-state index in [4.69, 9.17) is 9.47 Å². The van der Waals surface area contributed by atoms with Gasteiger partial charge in [-0.05, 0) is 6.07 Å². The second kappa shape index (κ2) is 7.77. The Morgan fingerprint density at radius 1 is 1.28 bits per heavy atom. The van der Waals surface area contributed by atoms with Crippen molar-refractivity contribution >= 4 is 34.7 Å². The normalized spacial score (nSPS) is 18.5. The molecule has 2 aromatic heterocycles. The van der Waals surface area contributed by atoms with Crippen molar-refractivity contribution in [3.8, 4) is 17.6 Å². The summed E-state index contributed by atoms with van der Waals surface area (Å²) in [5.41, 5.74) is 1.64. The summed E-state index contributed by atoms with van der Waals surface area (Å²) in [6.45, 7) is 0.778. The Morgan fingerprint density at radius 3 is 2.84 bits per heavy atom. The third-order valence-electron chi connectivity index (χ3n) is 5.04. The SMILES string of the molecule is CNc1cc(Nc2cc(C#N)cc3c2OCCO3)nc2c(NC(=O)N[C@@H]3CC3F)cnn12. The van der Waals surface area contributed by atoms with Gasteiger partial charge in [0.1, 0.15) is 36.7 Å². The minimum Gasteiger partial charge on any atom is -0.486 e. The highest BCUT2D eigenvalue weighted by molar-refractivity contribution is 5.94. The monoisotopic (exact) mass is 438 g/mol. The highest BCUT2D eigenvalue weighted by Crippen LogP contribution is 2.40. The second-order valence-corrected chi connectivity index (χ2v) is 7.31. The van der Waals surface area contributed by atoms with Crippen molar-refractivity contribution in [1.29, 1.82) is 5.26 Å². The molecule has 2 amide bonds. The smallest absolute Gasteiger partial charge is 0.319 e. The van der Waals surface area contributed by atoms with E-state index in [1.165, 1.54) is 10.7 Å². The first-order valence-electron chi connectivity index (χ1n) is 9.94. The lowest BCUT2D eigenvalue weighted by molar-refractivity contribution is 0.172. The maximum atomic E-state index is 13.1. The number of alkyl halides is 1. The zero-order chi connectivity index (χ0) is 22.2. The van der Waals surface area contributed by atoms with Gasteiger partial charge in [-0.25, -0.2) is 14.2 Å². The van der Waals surface area contributed by atoms with Crippen LogP contribution in [0.5, 0.6) is 11.5 Å². The number of hydrogen-bond acceptors (Lipinski definition) is 8. The van der Waals surface area contributed by atoms with E-state index in [-0.39, 0.29) is 0 Å². The van der Waals surface area contributed by atoms with E-state index in [2.05, 4.69) is 37.4 Å². The lowest BCUT2D eigenvalue weighted by atomic mass is 10.1. The fourth-order valence-electron chi connectivity index (χ4n) is 3.38. The number of nitrogens with one attached hydrogen (secondary N) is 4. The van der Waals surface area contributed by atoms with E-state index in [0.717, 1.165) is 0 Å². The molecule has 5 rings (SSSR count). The fourth-order valence-corrected chi connectivity index (χ4v) is 3.38. The number of hydrogen-bond donors (Lipinski definition) is 4. The van der Waals surface area contributed by atoms with E-state index < -0.39 is 18.2 Å². The number of nitrogens with zero attached hydrogens (tertiary/aromatic N) is 4. The number of aromatic nitrogens is 3. The van der Waals surface area contributed by atoms with Crippen LogP contribution in [0.3, 0.4) is 0 Å². The van der Waals surface area contributed by atoms with Gasteiger partial charge in [-0.15, -0.1) is 0 Å². The summed E-state index contributed by atoms with van der Waals surface area (Å²) >= 11 is 0. The molecule has 1 unspecified atom stereocenters. The van der Waals surface area contributed by atoms with E-state index in [1.54, 1.807) is 25.2 Å². The van der Waals surface area contributed by atoms with Crippen molar-refractivity contribution < 1.29 is 18.7 Å². The largest absolute Gasteiger partial charge is 0.486 e. The Bertz CT molecular complexity index is 1250. The Kier molecular flexibility index (Phi) is 4.78. The number of benzene rings is 1. The van der Waals surface area contributed by atoms with E-state index in [0.29, 0.717) is 65.4 Å². The third kappa shape index (κ3) is 3.64. The molecular weight excluding hydrogens is 419 g/mol. The number of halogens is 1. The first kappa shape index (κ1) is 19.7. The van der Waals surface area contributed by atoms with Gasteiger partial charge in [0.2, 0.25) is 0 Å². The number of amides is 2. The van der Waals surface area contributed by atoms with Gasteiger partial charge >= 0.3 is 6.03 Å². The summed E-state index contributed by atoms with van der Waals surface area (Å²) in [6.07, 6.45) is 0.772. The minimum absolute atomic E-state index is 0.316. The molecule has 11 nitrogen and oxygen atoms in total. The van der Waals surface area contributed by atoms with E-state index in [1.807, 2.05) is 0 Å². The van der Waals surface area contributed by atoms with Crippen molar-refractivity contribution in [2.75, 3.05) is 36.2 Å². The number of ether oxygens (including phenoxy) is 2. The van der Waals surface area contributed by atoms with Gasteiger partial charge in [-0.3, -0.25) is 0 Å². The van der Waals surface area contributed by atoms with Gasteiger partial charge in [-0.1, -0.05) is 0 Å². The van der Waals surface area contributed by atoms with Crippen LogP contribution in [0.4, 0.5) is 32.2 Å². The average Bonchev–Trinajstić information content (AvgIpc) is 3.34. The molecule has 1 aliphatic carbocycles. The molecule has 164 valence electrons. The molecule has 1 fully saturated rings. The van der Waals surface area contributed by atoms with Crippen molar-refractivity contribution in [3.63, 3.8) is 0 Å². The number of urea groups is 1. The van der Waals surface area contributed by atoms with Gasteiger partial charge < -0.3 is 30.7 Å². The number of anilines is 4. The molecular formula is C20H19FN8O3. The van der Waals surface area contributed by atoms with Crippen molar-refractivity contribution in [2.24, 2.45) is 0 Å². The molecule has 12 heteroatoms. The molecule has 3 aromatic rings. The standard InChI is InChI=1S/C20H19FN8O3/c1-23-17-7-16(25-13-4-10(8-22)5-15-18(13)32-3-2-31-15)28-19-14(9-24-29(17)19)27-20(30)26-12-6-11(12)21/h4-5,7,9,11-12,23H,2-3,6H2,1H3,(H,25,28)(H2,26,27,30)/t11?,12-/m1/s1. The Morgan fingerprint density at radius 2 is 2.09 bits per heavy atom. The topological polar surface area (TPSA) is 138 Å². The summed E-state index contributed by atoms with van der Waals surface area (Å²) in [6, 6.07) is 6.09. The number of carbonyl (C=O) groups is 1. The summed E-state index contributed by atoms with van der Waals surface area (Å²) in [5, 5.41) is 25.0. The molecule has 1 saturated carbocycles. The first-order chi connectivity index (χ1) is 15.6. The number of rotatable bonds is 5. The maximum Gasteiger partial charge on any atom is 0.319 e. The summed E-state index contributed by atoms with van der Waals surface area (Å²) in [5.74, 6) is 1.98. The van der Waals surface area contributed by atoms with Gasteiger partial charge in [0.25, 0.3) is 0 Å². The molecule has 0 spiro atoms. The number of nitriles is 1. The molecule has 0 saturated heterocycles. The molecule has 0 radical (unpaired) electrons. The van der Waals surface area contributed by atoms with Crippen LogP contribution in [-0.2, 0) is 0 Å². The quantitative estimate of drug-likeness (QED) is 0.477. The molecule has 2 atom stereocenters. The number of carbonyl (C=O) groups excluding carboxylic acids is 1. The summed E-state index contributed by atoms with van der Waals surface area (Å²) < 4.78 is 25.9. The lowest BCUT2D eigenvalue weighted by Gasteiger charge is -2.22. The van der Waals surface area contributed by atoms with Crippen LogP contribution < -0.4 is 30.7 Å². The summed E-state index contributed by atoms with van der Waals surface area (Å²) in [4.78, 5) is 16.7. The van der Waals surface area contributed by atoms with E-state index >= 15 is 0 Å². The summed E-state index contributed by atoms with van der Waals surface area (Å²) in [7, 11) is 1.73. The van der Waals surface area contributed by atoms with Crippen LogP contribution in [0, 0.1) is 11.3 Å². The Hall–Kier alpha value is -4.27. The lowest BCUT2D eigenvalue weighted by Crippen LogP contribution is -2.31. The molecule has 0 bridgehead atoms. The van der Waals surface area contributed by atoms with Crippen LogP contribution >= 0.6 is 0 Å². The van der Waals surface area contributed by atoms with Crippen LogP contribution in [0.1, 0.15) is 12.0 Å². The average molecular weight is 438 g/mol.